The molecule has 0 saturated carbocycles. The van der Waals surface area contributed by atoms with Gasteiger partial charge in [0.2, 0.25) is 0 Å². The highest BCUT2D eigenvalue weighted by atomic mass is 16.6. The average molecular weight is 276 g/mol. The van der Waals surface area contributed by atoms with Crippen molar-refractivity contribution in [2.75, 3.05) is 24.5 Å². The molecule has 1 aromatic carbocycles. The van der Waals surface area contributed by atoms with E-state index in [1.807, 2.05) is 31.7 Å². The van der Waals surface area contributed by atoms with Crippen molar-refractivity contribution in [3.8, 4) is 6.07 Å². The van der Waals surface area contributed by atoms with E-state index >= 15 is 0 Å². The number of nitrogens with two attached hydrogens (primary N) is 1. The summed E-state index contributed by atoms with van der Waals surface area (Å²) in [7, 11) is 0. The fraction of sp³-hybridized carbons (Fsp3) is 0.500. The van der Waals surface area contributed by atoms with E-state index in [1.165, 1.54) is 12.1 Å². The molecule has 0 amide bonds. The third-order valence-electron chi connectivity index (χ3n) is 3.22. The van der Waals surface area contributed by atoms with Crippen LogP contribution in [0.15, 0.2) is 18.2 Å². The molecule has 0 bridgehead atoms. The number of rotatable bonds is 6. The summed E-state index contributed by atoms with van der Waals surface area (Å²) < 4.78 is 0. The summed E-state index contributed by atoms with van der Waals surface area (Å²) in [5.41, 5.74) is 6.30. The second-order valence-corrected chi connectivity index (χ2v) is 5.45. The van der Waals surface area contributed by atoms with Gasteiger partial charge in [-0.15, -0.1) is 0 Å². The van der Waals surface area contributed by atoms with Gasteiger partial charge < -0.3 is 10.6 Å². The van der Waals surface area contributed by atoms with Crippen LogP contribution in [-0.2, 0) is 0 Å². The Kier molecular flexibility index (Phi) is 5.06. The fourth-order valence-corrected chi connectivity index (χ4v) is 1.93. The van der Waals surface area contributed by atoms with Crippen LogP contribution in [0, 0.1) is 26.9 Å². The molecule has 0 aliphatic rings. The Bertz CT molecular complexity index is 534. The third kappa shape index (κ3) is 3.68. The molecule has 0 saturated heterocycles. The monoisotopic (exact) mass is 276 g/mol. The van der Waals surface area contributed by atoms with Crippen molar-refractivity contribution in [3.63, 3.8) is 0 Å². The van der Waals surface area contributed by atoms with Crippen LogP contribution in [-0.4, -0.2) is 24.6 Å². The largest absolute Gasteiger partial charge is 0.371 e. The van der Waals surface area contributed by atoms with E-state index in [9.17, 15) is 10.1 Å². The first-order valence-corrected chi connectivity index (χ1v) is 6.48. The molecule has 0 heterocycles. The lowest BCUT2D eigenvalue weighted by molar-refractivity contribution is -0.385. The highest BCUT2D eigenvalue weighted by Crippen LogP contribution is 2.27. The molecule has 0 aromatic heterocycles. The first kappa shape index (κ1) is 15.9. The molecule has 0 aliphatic heterocycles. The molecule has 0 atom stereocenters. The number of nitrogens with zero attached hydrogens (tertiary/aromatic N) is 3. The number of nitro benzene ring substituents is 1. The molecule has 0 fully saturated rings. The highest BCUT2D eigenvalue weighted by molar-refractivity contribution is 5.60. The molecule has 1 aromatic rings. The number of benzene rings is 1. The van der Waals surface area contributed by atoms with Gasteiger partial charge in [0, 0.05) is 24.8 Å². The molecule has 108 valence electrons. The minimum atomic E-state index is -0.524. The quantitative estimate of drug-likeness (QED) is 0.635. The standard InChI is InChI=1S/C14H20N4O2/c1-4-17(10-14(2,3)9-16)12-6-5-11(8-15)13(7-12)18(19)20/h5-7H,4,9-10,16H2,1-3H3. The summed E-state index contributed by atoms with van der Waals surface area (Å²) in [5, 5.41) is 19.9. The van der Waals surface area contributed by atoms with Crippen LogP contribution in [0.1, 0.15) is 26.3 Å². The lowest BCUT2D eigenvalue weighted by Gasteiger charge is -2.32. The average Bonchev–Trinajstić information content (AvgIpc) is 2.44. The van der Waals surface area contributed by atoms with E-state index in [0.29, 0.717) is 19.6 Å². The van der Waals surface area contributed by atoms with Crippen molar-refractivity contribution in [2.24, 2.45) is 11.1 Å². The SMILES string of the molecule is CCN(CC(C)(C)CN)c1ccc(C#N)c([N+](=O)[O-])c1. The Morgan fingerprint density at radius 1 is 1.50 bits per heavy atom. The van der Waals surface area contributed by atoms with Crippen LogP contribution >= 0.6 is 0 Å². The van der Waals surface area contributed by atoms with Gasteiger partial charge in [-0.05, 0) is 31.0 Å². The molecule has 2 N–H and O–H groups in total. The third-order valence-corrected chi connectivity index (χ3v) is 3.22. The van der Waals surface area contributed by atoms with E-state index in [2.05, 4.69) is 0 Å². The minimum absolute atomic E-state index is 0.0767. The van der Waals surface area contributed by atoms with Crippen molar-refractivity contribution < 1.29 is 4.92 Å². The van der Waals surface area contributed by atoms with Crippen LogP contribution in [0.3, 0.4) is 0 Å². The maximum Gasteiger partial charge on any atom is 0.289 e. The Hall–Kier alpha value is -2.13. The lowest BCUT2D eigenvalue weighted by Crippen LogP contribution is -2.38. The second-order valence-electron chi connectivity index (χ2n) is 5.45. The Morgan fingerprint density at radius 2 is 2.15 bits per heavy atom. The minimum Gasteiger partial charge on any atom is -0.371 e. The molecule has 0 spiro atoms. The first-order chi connectivity index (χ1) is 9.34. The summed E-state index contributed by atoms with van der Waals surface area (Å²) in [6.07, 6.45) is 0. The molecule has 0 radical (unpaired) electrons. The van der Waals surface area contributed by atoms with E-state index in [1.54, 1.807) is 6.07 Å². The summed E-state index contributed by atoms with van der Waals surface area (Å²) >= 11 is 0. The van der Waals surface area contributed by atoms with Crippen LogP contribution < -0.4 is 10.6 Å². The van der Waals surface area contributed by atoms with Gasteiger partial charge in [-0.25, -0.2) is 0 Å². The Labute approximate surface area is 118 Å². The zero-order chi connectivity index (χ0) is 15.3. The number of anilines is 1. The molecule has 20 heavy (non-hydrogen) atoms. The normalized spacial score (nSPS) is 10.9. The lowest BCUT2D eigenvalue weighted by atomic mass is 9.93. The van der Waals surface area contributed by atoms with Crippen LogP contribution in [0.5, 0.6) is 0 Å². The van der Waals surface area contributed by atoms with Crippen molar-refractivity contribution in [1.82, 2.24) is 0 Å². The van der Waals surface area contributed by atoms with Crippen molar-refractivity contribution in [1.29, 1.82) is 5.26 Å². The van der Waals surface area contributed by atoms with Crippen LogP contribution in [0.2, 0.25) is 0 Å². The first-order valence-electron chi connectivity index (χ1n) is 6.48. The maximum absolute atomic E-state index is 11.0. The highest BCUT2D eigenvalue weighted by Gasteiger charge is 2.22. The van der Waals surface area contributed by atoms with Crippen molar-refractivity contribution in [3.05, 3.63) is 33.9 Å². The Balaban J connectivity index is 3.15. The zero-order valence-electron chi connectivity index (χ0n) is 12.1. The zero-order valence-corrected chi connectivity index (χ0v) is 12.1. The van der Waals surface area contributed by atoms with Crippen molar-refractivity contribution in [2.45, 2.75) is 20.8 Å². The molecule has 1 rings (SSSR count). The summed E-state index contributed by atoms with van der Waals surface area (Å²) in [6, 6.07) is 6.52. The second kappa shape index (κ2) is 6.35. The molecular formula is C14H20N4O2. The van der Waals surface area contributed by atoms with Crippen molar-refractivity contribution >= 4 is 11.4 Å². The van der Waals surface area contributed by atoms with Gasteiger partial charge in [-0.3, -0.25) is 10.1 Å². The molecule has 6 heteroatoms. The van der Waals surface area contributed by atoms with Gasteiger partial charge >= 0.3 is 0 Å². The topological polar surface area (TPSA) is 96.2 Å². The molecule has 6 nitrogen and oxygen atoms in total. The fourth-order valence-electron chi connectivity index (χ4n) is 1.93. The van der Waals surface area contributed by atoms with Gasteiger partial charge in [0.1, 0.15) is 11.6 Å². The maximum atomic E-state index is 11.0. The smallest absolute Gasteiger partial charge is 0.289 e. The molecule has 0 aliphatic carbocycles. The number of nitro groups is 1. The van der Waals surface area contributed by atoms with Gasteiger partial charge in [0.15, 0.2) is 0 Å². The summed E-state index contributed by atoms with van der Waals surface area (Å²) in [4.78, 5) is 12.5. The molecular weight excluding hydrogens is 256 g/mol. The summed E-state index contributed by atoms with van der Waals surface area (Å²) in [6.45, 7) is 8.02. The number of hydrogen-bond donors (Lipinski definition) is 1. The predicted octanol–water partition coefficient (Wildman–Crippen LogP) is 2.28. The summed E-state index contributed by atoms with van der Waals surface area (Å²) in [5.74, 6) is 0. The molecule has 0 unspecified atom stereocenters. The van der Waals surface area contributed by atoms with E-state index in [-0.39, 0.29) is 16.7 Å². The van der Waals surface area contributed by atoms with E-state index in [0.717, 1.165) is 5.69 Å². The number of nitriles is 1. The van der Waals surface area contributed by atoms with Crippen LogP contribution in [0.4, 0.5) is 11.4 Å². The van der Waals surface area contributed by atoms with E-state index < -0.39 is 4.92 Å². The van der Waals surface area contributed by atoms with Gasteiger partial charge in [-0.2, -0.15) is 5.26 Å². The van der Waals surface area contributed by atoms with Gasteiger partial charge in [0.05, 0.1) is 4.92 Å². The van der Waals surface area contributed by atoms with Gasteiger partial charge in [0.25, 0.3) is 5.69 Å². The Morgan fingerprint density at radius 3 is 2.60 bits per heavy atom. The number of hydrogen-bond acceptors (Lipinski definition) is 5. The van der Waals surface area contributed by atoms with Crippen LogP contribution in [0.25, 0.3) is 0 Å². The predicted molar refractivity (Wildman–Crippen MR) is 78.5 cm³/mol. The van der Waals surface area contributed by atoms with E-state index in [4.69, 9.17) is 11.0 Å². The van der Waals surface area contributed by atoms with Gasteiger partial charge in [-0.1, -0.05) is 13.8 Å².